The average molecular weight is 271 g/mol. The Hall–Kier alpha value is -2.35. The smallest absolute Gasteiger partial charge is 0.273 e. The molecule has 2 aromatic rings. The van der Waals surface area contributed by atoms with Crippen molar-refractivity contribution in [2.45, 2.75) is 33.7 Å². The SMILES string of the molecule is CC(C)(C)CCn1c(=O)c(C#N)c(O)c2cccnc21. The molecule has 2 heterocycles. The van der Waals surface area contributed by atoms with Crippen molar-refractivity contribution in [3.8, 4) is 11.8 Å². The molecule has 0 saturated carbocycles. The number of fused-ring (bicyclic) bond motifs is 1. The Morgan fingerprint density at radius 3 is 2.75 bits per heavy atom. The molecule has 0 aliphatic rings. The lowest BCUT2D eigenvalue weighted by atomic mass is 9.92. The molecular weight excluding hydrogens is 254 g/mol. The molecule has 0 radical (unpaired) electrons. The van der Waals surface area contributed by atoms with E-state index in [1.165, 1.54) is 4.57 Å². The standard InChI is InChI=1S/C15H17N3O2/c1-15(2,3)6-8-18-13-10(5-4-7-17-13)12(19)11(9-16)14(18)20/h4-5,7,19H,6,8H2,1-3H3. The average Bonchev–Trinajstić information content (AvgIpc) is 2.38. The molecule has 5 nitrogen and oxygen atoms in total. The van der Waals surface area contributed by atoms with Crippen LogP contribution in [0.1, 0.15) is 32.8 Å². The van der Waals surface area contributed by atoms with Gasteiger partial charge in [0.15, 0.2) is 5.56 Å². The normalized spacial score (nSPS) is 11.5. The molecule has 0 spiro atoms. The van der Waals surface area contributed by atoms with Gasteiger partial charge in [0, 0.05) is 12.7 Å². The third kappa shape index (κ3) is 2.50. The summed E-state index contributed by atoms with van der Waals surface area (Å²) in [5.74, 6) is -0.285. The highest BCUT2D eigenvalue weighted by atomic mass is 16.3. The number of nitriles is 1. The molecule has 0 fully saturated rings. The van der Waals surface area contributed by atoms with Gasteiger partial charge in [0.2, 0.25) is 0 Å². The van der Waals surface area contributed by atoms with E-state index in [1.807, 2.05) is 0 Å². The highest BCUT2D eigenvalue weighted by Crippen LogP contribution is 2.26. The molecule has 0 aromatic carbocycles. The fraction of sp³-hybridized carbons (Fsp3) is 0.400. The fourth-order valence-electron chi connectivity index (χ4n) is 2.02. The van der Waals surface area contributed by atoms with Crippen molar-refractivity contribution >= 4 is 11.0 Å². The summed E-state index contributed by atoms with van der Waals surface area (Å²) in [5.41, 5.74) is -0.233. The maximum atomic E-state index is 12.3. The third-order valence-corrected chi connectivity index (χ3v) is 3.19. The van der Waals surface area contributed by atoms with Gasteiger partial charge in [-0.15, -0.1) is 0 Å². The van der Waals surface area contributed by atoms with Crippen LogP contribution in [0.4, 0.5) is 0 Å². The maximum absolute atomic E-state index is 12.3. The van der Waals surface area contributed by atoms with Gasteiger partial charge < -0.3 is 5.11 Å². The number of aryl methyl sites for hydroxylation is 1. The zero-order valence-corrected chi connectivity index (χ0v) is 11.8. The first-order valence-corrected chi connectivity index (χ1v) is 6.46. The molecule has 0 aliphatic carbocycles. The number of aromatic hydroxyl groups is 1. The van der Waals surface area contributed by atoms with Crippen LogP contribution in [0.3, 0.4) is 0 Å². The van der Waals surface area contributed by atoms with E-state index in [1.54, 1.807) is 24.4 Å². The van der Waals surface area contributed by atoms with Gasteiger partial charge in [0.05, 0.1) is 5.39 Å². The van der Waals surface area contributed by atoms with Crippen LogP contribution in [0, 0.1) is 16.7 Å². The van der Waals surface area contributed by atoms with E-state index in [4.69, 9.17) is 5.26 Å². The van der Waals surface area contributed by atoms with Crippen molar-refractivity contribution in [2.24, 2.45) is 5.41 Å². The highest BCUT2D eigenvalue weighted by molar-refractivity contribution is 5.84. The van der Waals surface area contributed by atoms with Crippen LogP contribution in [-0.2, 0) is 6.54 Å². The number of rotatable bonds is 2. The van der Waals surface area contributed by atoms with Crippen LogP contribution in [0.25, 0.3) is 11.0 Å². The molecule has 2 aromatic heterocycles. The first kappa shape index (κ1) is 14.1. The number of hydrogen-bond donors (Lipinski definition) is 1. The summed E-state index contributed by atoms with van der Waals surface area (Å²) in [4.78, 5) is 16.5. The lowest BCUT2D eigenvalue weighted by molar-refractivity contribution is 0.350. The predicted octanol–water partition coefficient (Wildman–Crippen LogP) is 2.41. The second-order valence-corrected chi connectivity index (χ2v) is 5.98. The molecule has 0 aliphatic heterocycles. The summed E-state index contributed by atoms with van der Waals surface area (Å²) in [7, 11) is 0. The van der Waals surface area contributed by atoms with Crippen LogP contribution in [0.15, 0.2) is 23.1 Å². The Kier molecular flexibility index (Phi) is 3.49. The summed E-state index contributed by atoms with van der Waals surface area (Å²) in [6, 6.07) is 5.11. The first-order valence-electron chi connectivity index (χ1n) is 6.46. The number of pyridine rings is 2. The molecule has 0 unspecified atom stereocenters. The number of aromatic nitrogens is 2. The Labute approximate surface area is 117 Å². The van der Waals surface area contributed by atoms with E-state index < -0.39 is 5.56 Å². The van der Waals surface area contributed by atoms with Crippen molar-refractivity contribution in [1.82, 2.24) is 9.55 Å². The van der Waals surface area contributed by atoms with Gasteiger partial charge in [0.25, 0.3) is 5.56 Å². The van der Waals surface area contributed by atoms with Crippen LogP contribution < -0.4 is 5.56 Å². The van der Waals surface area contributed by atoms with Crippen LogP contribution in [0.5, 0.6) is 5.75 Å². The molecule has 20 heavy (non-hydrogen) atoms. The summed E-state index contributed by atoms with van der Waals surface area (Å²) >= 11 is 0. The van der Waals surface area contributed by atoms with Crippen molar-refractivity contribution < 1.29 is 5.11 Å². The molecule has 0 saturated heterocycles. The van der Waals surface area contributed by atoms with Crippen LogP contribution >= 0.6 is 0 Å². The van der Waals surface area contributed by atoms with Gasteiger partial charge in [0.1, 0.15) is 17.5 Å². The van der Waals surface area contributed by atoms with Gasteiger partial charge in [-0.2, -0.15) is 5.26 Å². The Morgan fingerprint density at radius 2 is 2.15 bits per heavy atom. The summed E-state index contributed by atoms with van der Waals surface area (Å²) in [6.45, 7) is 6.71. The van der Waals surface area contributed by atoms with Gasteiger partial charge in [-0.1, -0.05) is 20.8 Å². The molecule has 104 valence electrons. The Bertz CT molecular complexity index is 749. The zero-order valence-electron chi connectivity index (χ0n) is 11.8. The Balaban J connectivity index is 2.70. The van der Waals surface area contributed by atoms with E-state index in [0.717, 1.165) is 6.42 Å². The van der Waals surface area contributed by atoms with E-state index >= 15 is 0 Å². The Morgan fingerprint density at radius 1 is 1.45 bits per heavy atom. The largest absolute Gasteiger partial charge is 0.506 e. The minimum absolute atomic E-state index is 0.0608. The molecule has 2 rings (SSSR count). The van der Waals surface area contributed by atoms with Crippen molar-refractivity contribution in [1.29, 1.82) is 5.26 Å². The summed E-state index contributed by atoms with van der Waals surface area (Å²) < 4.78 is 1.47. The van der Waals surface area contributed by atoms with Crippen molar-refractivity contribution in [3.05, 3.63) is 34.2 Å². The predicted molar refractivity (Wildman–Crippen MR) is 76.5 cm³/mol. The quantitative estimate of drug-likeness (QED) is 0.909. The molecule has 0 amide bonds. The molecule has 1 N–H and O–H groups in total. The van der Waals surface area contributed by atoms with Crippen LogP contribution in [0.2, 0.25) is 0 Å². The monoisotopic (exact) mass is 271 g/mol. The van der Waals surface area contributed by atoms with Gasteiger partial charge in [-0.05, 0) is 24.0 Å². The highest BCUT2D eigenvalue weighted by Gasteiger charge is 2.18. The van der Waals surface area contributed by atoms with Crippen molar-refractivity contribution in [2.75, 3.05) is 0 Å². The lowest BCUT2D eigenvalue weighted by Crippen LogP contribution is -2.25. The van der Waals surface area contributed by atoms with E-state index in [0.29, 0.717) is 17.6 Å². The number of hydrogen-bond acceptors (Lipinski definition) is 4. The summed E-state index contributed by atoms with van der Waals surface area (Å²) in [6.07, 6.45) is 2.34. The van der Waals surface area contributed by atoms with Crippen LogP contribution in [-0.4, -0.2) is 14.7 Å². The zero-order chi connectivity index (χ0) is 14.9. The molecule has 0 atom stereocenters. The molecule has 5 heteroatoms. The lowest BCUT2D eigenvalue weighted by Gasteiger charge is -2.19. The third-order valence-electron chi connectivity index (χ3n) is 3.19. The summed E-state index contributed by atoms with van der Waals surface area (Å²) in [5, 5.41) is 19.5. The topological polar surface area (TPSA) is 78.9 Å². The second-order valence-electron chi connectivity index (χ2n) is 5.98. The second kappa shape index (κ2) is 4.97. The van der Waals surface area contributed by atoms with Crippen molar-refractivity contribution in [3.63, 3.8) is 0 Å². The molecule has 0 bridgehead atoms. The van der Waals surface area contributed by atoms with Gasteiger partial charge in [-0.3, -0.25) is 9.36 Å². The van der Waals surface area contributed by atoms with E-state index in [-0.39, 0.29) is 16.7 Å². The first-order chi connectivity index (χ1) is 9.35. The minimum Gasteiger partial charge on any atom is -0.506 e. The molecular formula is C15H17N3O2. The van der Waals surface area contributed by atoms with Gasteiger partial charge in [-0.25, -0.2) is 4.98 Å². The minimum atomic E-state index is -0.486. The van der Waals surface area contributed by atoms with E-state index in [9.17, 15) is 9.90 Å². The maximum Gasteiger partial charge on any atom is 0.273 e. The van der Waals surface area contributed by atoms with E-state index in [2.05, 4.69) is 25.8 Å². The number of nitrogens with zero attached hydrogens (tertiary/aromatic N) is 3. The fourth-order valence-corrected chi connectivity index (χ4v) is 2.02. The van der Waals surface area contributed by atoms with Gasteiger partial charge >= 0.3 is 0 Å².